The quantitative estimate of drug-likeness (QED) is 0.648. The molecule has 1 atom stereocenters. The second-order valence-corrected chi connectivity index (χ2v) is 7.81. The van der Waals surface area contributed by atoms with Gasteiger partial charge < -0.3 is 10.1 Å². The van der Waals surface area contributed by atoms with Gasteiger partial charge in [0.2, 0.25) is 0 Å². The molecule has 0 bridgehead atoms. The standard InChI is InChI=1S/C20H16ClFN2O3/c21-12-2-1-3-13(22)15(12)19(5-6-19)17(25)16-14-11(4-8-24-16)20(27-18(14)26)7-9-23-10-20/h1-4,8,23H,5-7,9-10H2. The summed E-state index contributed by atoms with van der Waals surface area (Å²) in [4.78, 5) is 30.3. The summed E-state index contributed by atoms with van der Waals surface area (Å²) in [6.45, 7) is 1.24. The predicted octanol–water partition coefficient (Wildman–Crippen LogP) is 3.15. The van der Waals surface area contributed by atoms with Gasteiger partial charge in [-0.15, -0.1) is 0 Å². The van der Waals surface area contributed by atoms with Crippen molar-refractivity contribution in [1.29, 1.82) is 0 Å². The number of nitrogens with one attached hydrogen (secondary N) is 1. The summed E-state index contributed by atoms with van der Waals surface area (Å²) in [6, 6.07) is 6.11. The highest BCUT2D eigenvalue weighted by molar-refractivity contribution is 6.32. The molecule has 1 aliphatic carbocycles. The Morgan fingerprint density at radius 2 is 2.07 bits per heavy atom. The van der Waals surface area contributed by atoms with E-state index in [2.05, 4.69) is 10.3 Å². The molecule has 1 N–H and O–H groups in total. The number of hydrogen-bond acceptors (Lipinski definition) is 5. The average Bonchev–Trinajstić information content (AvgIpc) is 3.22. The van der Waals surface area contributed by atoms with Gasteiger partial charge in [0.1, 0.15) is 11.5 Å². The molecule has 5 nitrogen and oxygen atoms in total. The first-order valence-corrected chi connectivity index (χ1v) is 9.29. The molecule has 1 saturated carbocycles. The minimum absolute atomic E-state index is 0.0538. The van der Waals surface area contributed by atoms with Crippen molar-refractivity contribution in [3.05, 3.63) is 63.7 Å². The molecule has 1 aromatic carbocycles. The minimum Gasteiger partial charge on any atom is -0.449 e. The summed E-state index contributed by atoms with van der Waals surface area (Å²) in [5.41, 5.74) is -0.653. The van der Waals surface area contributed by atoms with Crippen molar-refractivity contribution >= 4 is 23.4 Å². The summed E-state index contributed by atoms with van der Waals surface area (Å²) in [5, 5.41) is 3.41. The lowest BCUT2D eigenvalue weighted by Gasteiger charge is -2.22. The maximum atomic E-state index is 14.5. The number of ketones is 1. The Balaban J connectivity index is 1.64. The number of pyridine rings is 1. The largest absolute Gasteiger partial charge is 0.449 e. The Hall–Kier alpha value is -2.31. The van der Waals surface area contributed by atoms with Crippen molar-refractivity contribution in [3.8, 4) is 0 Å². The normalized spacial score (nSPS) is 24.7. The number of fused-ring (bicyclic) bond motifs is 2. The zero-order valence-corrected chi connectivity index (χ0v) is 15.1. The maximum Gasteiger partial charge on any atom is 0.341 e. The molecule has 1 saturated heterocycles. The SMILES string of the molecule is O=C1OC2(CCNC2)c2ccnc(C(=O)C3(c4c(F)cccc4Cl)CC3)c21. The van der Waals surface area contributed by atoms with Crippen LogP contribution in [0.3, 0.4) is 0 Å². The number of esters is 1. The van der Waals surface area contributed by atoms with Crippen molar-refractivity contribution in [2.45, 2.75) is 30.3 Å². The Bertz CT molecular complexity index is 976. The van der Waals surface area contributed by atoms with E-state index in [1.807, 2.05) is 0 Å². The molecule has 2 fully saturated rings. The van der Waals surface area contributed by atoms with Gasteiger partial charge in [-0.05, 0) is 37.6 Å². The van der Waals surface area contributed by atoms with Gasteiger partial charge in [-0.2, -0.15) is 0 Å². The van der Waals surface area contributed by atoms with E-state index in [1.165, 1.54) is 18.3 Å². The Morgan fingerprint density at radius 3 is 2.74 bits per heavy atom. The smallest absolute Gasteiger partial charge is 0.341 e. The zero-order chi connectivity index (χ0) is 18.8. The maximum absolute atomic E-state index is 14.5. The molecular formula is C20H16ClFN2O3. The van der Waals surface area contributed by atoms with Gasteiger partial charge in [0.25, 0.3) is 0 Å². The van der Waals surface area contributed by atoms with E-state index in [0.717, 1.165) is 6.54 Å². The van der Waals surface area contributed by atoms with Crippen LogP contribution < -0.4 is 5.32 Å². The van der Waals surface area contributed by atoms with Crippen LogP contribution in [0.5, 0.6) is 0 Å². The third kappa shape index (κ3) is 2.23. The van der Waals surface area contributed by atoms with Gasteiger partial charge in [-0.1, -0.05) is 17.7 Å². The number of carbonyl (C=O) groups excluding carboxylic acids is 2. The van der Waals surface area contributed by atoms with E-state index in [1.54, 1.807) is 12.1 Å². The number of aromatic nitrogens is 1. The molecule has 27 heavy (non-hydrogen) atoms. The van der Waals surface area contributed by atoms with Crippen LogP contribution in [-0.4, -0.2) is 29.8 Å². The van der Waals surface area contributed by atoms with Crippen molar-refractivity contribution in [3.63, 3.8) is 0 Å². The van der Waals surface area contributed by atoms with E-state index < -0.39 is 22.8 Å². The van der Waals surface area contributed by atoms with E-state index >= 15 is 0 Å². The van der Waals surface area contributed by atoms with E-state index in [9.17, 15) is 14.0 Å². The molecule has 3 heterocycles. The Morgan fingerprint density at radius 1 is 1.26 bits per heavy atom. The average molecular weight is 387 g/mol. The molecule has 2 aliphatic heterocycles. The first-order valence-electron chi connectivity index (χ1n) is 8.91. The summed E-state index contributed by atoms with van der Waals surface area (Å²) < 4.78 is 20.2. The predicted molar refractivity (Wildman–Crippen MR) is 95.5 cm³/mol. The Kier molecular flexibility index (Phi) is 3.49. The van der Waals surface area contributed by atoms with Crippen molar-refractivity contribution in [2.24, 2.45) is 0 Å². The molecule has 5 rings (SSSR count). The molecule has 7 heteroatoms. The third-order valence-corrected chi connectivity index (χ3v) is 6.21. The Labute approximate surface area is 159 Å². The lowest BCUT2D eigenvalue weighted by Crippen LogP contribution is -2.29. The van der Waals surface area contributed by atoms with Crippen LogP contribution in [-0.2, 0) is 15.8 Å². The molecule has 138 valence electrons. The monoisotopic (exact) mass is 386 g/mol. The highest BCUT2D eigenvalue weighted by atomic mass is 35.5. The van der Waals surface area contributed by atoms with Crippen LogP contribution in [0, 0.1) is 5.82 Å². The topological polar surface area (TPSA) is 68.3 Å². The van der Waals surface area contributed by atoms with Crippen molar-refractivity contribution < 1.29 is 18.7 Å². The first kappa shape index (κ1) is 16.8. The van der Waals surface area contributed by atoms with E-state index in [4.69, 9.17) is 16.3 Å². The summed E-state index contributed by atoms with van der Waals surface area (Å²) >= 11 is 6.22. The van der Waals surface area contributed by atoms with Crippen molar-refractivity contribution in [1.82, 2.24) is 10.3 Å². The fraction of sp³-hybridized carbons (Fsp3) is 0.350. The van der Waals surface area contributed by atoms with Crippen LogP contribution in [0.1, 0.15) is 51.2 Å². The third-order valence-electron chi connectivity index (χ3n) is 5.89. The van der Waals surface area contributed by atoms with Gasteiger partial charge >= 0.3 is 5.97 Å². The number of rotatable bonds is 3. The lowest BCUT2D eigenvalue weighted by atomic mass is 9.85. The molecule has 2 aromatic rings. The van der Waals surface area contributed by atoms with E-state index in [-0.39, 0.29) is 27.6 Å². The van der Waals surface area contributed by atoms with Crippen LogP contribution >= 0.6 is 11.6 Å². The number of Topliss-reactive ketones (excluding diaryl/α,β-unsaturated/α-hetero) is 1. The summed E-state index contributed by atoms with van der Waals surface area (Å²) in [5.74, 6) is -1.42. The molecule has 1 unspecified atom stereocenters. The van der Waals surface area contributed by atoms with Crippen LogP contribution in [0.2, 0.25) is 5.02 Å². The number of hydrogen-bond donors (Lipinski definition) is 1. The van der Waals surface area contributed by atoms with Gasteiger partial charge in [-0.25, -0.2) is 9.18 Å². The first-order chi connectivity index (χ1) is 13.0. The van der Waals surface area contributed by atoms with Crippen LogP contribution in [0.4, 0.5) is 4.39 Å². The summed E-state index contributed by atoms with van der Waals surface area (Å²) in [6.07, 6.45) is 3.11. The van der Waals surface area contributed by atoms with Crippen LogP contribution in [0.25, 0.3) is 0 Å². The number of halogens is 2. The second-order valence-electron chi connectivity index (χ2n) is 7.40. The highest BCUT2D eigenvalue weighted by Gasteiger charge is 2.57. The second kappa shape index (κ2) is 5.59. The van der Waals surface area contributed by atoms with Crippen LogP contribution in [0.15, 0.2) is 30.5 Å². The molecule has 1 spiro atoms. The van der Waals surface area contributed by atoms with Gasteiger partial charge in [0.15, 0.2) is 11.4 Å². The number of nitrogens with zero attached hydrogens (tertiary/aromatic N) is 1. The molecule has 3 aliphatic rings. The highest BCUT2D eigenvalue weighted by Crippen LogP contribution is 2.54. The number of benzene rings is 1. The zero-order valence-electron chi connectivity index (χ0n) is 14.4. The fourth-order valence-corrected chi connectivity index (χ4v) is 4.73. The van der Waals surface area contributed by atoms with Gasteiger partial charge in [-0.3, -0.25) is 9.78 Å². The van der Waals surface area contributed by atoms with Gasteiger partial charge in [0, 0.05) is 35.3 Å². The molecular weight excluding hydrogens is 371 g/mol. The lowest BCUT2D eigenvalue weighted by molar-refractivity contribution is 0.00158. The minimum atomic E-state index is -1.06. The fourth-order valence-electron chi connectivity index (χ4n) is 4.39. The molecule has 1 aromatic heterocycles. The molecule has 0 amide bonds. The van der Waals surface area contributed by atoms with E-state index in [0.29, 0.717) is 31.4 Å². The van der Waals surface area contributed by atoms with Crippen molar-refractivity contribution in [2.75, 3.05) is 13.1 Å². The molecule has 0 radical (unpaired) electrons. The van der Waals surface area contributed by atoms with Gasteiger partial charge in [0.05, 0.1) is 11.0 Å². The summed E-state index contributed by atoms with van der Waals surface area (Å²) in [7, 11) is 0. The number of ether oxygens (including phenoxy) is 1. The number of carbonyl (C=O) groups is 2.